The third-order valence-corrected chi connectivity index (χ3v) is 3.47. The molecule has 1 aliphatic heterocycles. The number of nitrogens with zero attached hydrogens (tertiary/aromatic N) is 1. The zero-order valence-electron chi connectivity index (χ0n) is 11.6. The first-order valence-corrected chi connectivity index (χ1v) is 6.83. The molecule has 1 heterocycles. The number of anilines is 1. The van der Waals surface area contributed by atoms with Crippen LogP contribution in [0.25, 0.3) is 0 Å². The van der Waals surface area contributed by atoms with E-state index in [-0.39, 0.29) is 12.0 Å². The molecule has 19 heavy (non-hydrogen) atoms. The van der Waals surface area contributed by atoms with Crippen molar-refractivity contribution in [1.29, 1.82) is 0 Å². The molecule has 0 spiro atoms. The van der Waals surface area contributed by atoms with Crippen molar-refractivity contribution in [2.45, 2.75) is 32.2 Å². The summed E-state index contributed by atoms with van der Waals surface area (Å²) in [7, 11) is 1.65. The Morgan fingerprint density at radius 1 is 1.32 bits per heavy atom. The summed E-state index contributed by atoms with van der Waals surface area (Å²) < 4.78 is 10.3. The summed E-state index contributed by atoms with van der Waals surface area (Å²) >= 11 is 0. The lowest BCUT2D eigenvalue weighted by Crippen LogP contribution is -2.45. The van der Waals surface area contributed by atoms with Crippen LogP contribution in [0.5, 0.6) is 5.75 Å². The van der Waals surface area contributed by atoms with Gasteiger partial charge in [-0.25, -0.2) is 4.79 Å². The molecule has 0 bridgehead atoms. The minimum atomic E-state index is -0.151. The van der Waals surface area contributed by atoms with Crippen LogP contribution in [0.1, 0.15) is 26.2 Å². The Kier molecular flexibility index (Phi) is 4.66. The molecule has 104 valence electrons. The number of methoxy groups -OCH3 is 1. The molecule has 1 unspecified atom stereocenters. The highest BCUT2D eigenvalue weighted by molar-refractivity contribution is 5.80. The maximum Gasteiger partial charge on any atom is 0.328 e. The van der Waals surface area contributed by atoms with Gasteiger partial charge in [-0.2, -0.15) is 0 Å². The number of hydrogen-bond acceptors (Lipinski definition) is 4. The molecule has 0 N–H and O–H groups in total. The Balaban J connectivity index is 2.15. The number of rotatable bonds is 4. The van der Waals surface area contributed by atoms with E-state index < -0.39 is 0 Å². The zero-order chi connectivity index (χ0) is 13.7. The molecule has 0 aromatic heterocycles. The molecule has 1 atom stereocenters. The van der Waals surface area contributed by atoms with Crippen molar-refractivity contribution in [3.8, 4) is 5.75 Å². The average Bonchev–Trinajstić information content (AvgIpc) is 2.47. The van der Waals surface area contributed by atoms with Crippen LogP contribution in [0.4, 0.5) is 5.69 Å². The Bertz CT molecular complexity index is 416. The van der Waals surface area contributed by atoms with E-state index in [1.54, 1.807) is 7.11 Å². The summed E-state index contributed by atoms with van der Waals surface area (Å²) in [5, 5.41) is 0. The predicted molar refractivity (Wildman–Crippen MR) is 74.6 cm³/mol. The van der Waals surface area contributed by atoms with Gasteiger partial charge >= 0.3 is 5.97 Å². The first-order chi connectivity index (χ1) is 9.26. The lowest BCUT2D eigenvalue weighted by molar-refractivity contribution is -0.145. The van der Waals surface area contributed by atoms with Crippen LogP contribution < -0.4 is 9.64 Å². The second-order valence-electron chi connectivity index (χ2n) is 4.66. The first kappa shape index (κ1) is 13.7. The minimum absolute atomic E-state index is 0.113. The summed E-state index contributed by atoms with van der Waals surface area (Å²) in [6.45, 7) is 3.18. The van der Waals surface area contributed by atoms with Crippen LogP contribution in [0, 0.1) is 0 Å². The summed E-state index contributed by atoms with van der Waals surface area (Å²) in [5.74, 6) is 0.714. The molecule has 0 amide bonds. The quantitative estimate of drug-likeness (QED) is 0.783. The SMILES string of the molecule is CCOC(=O)C1CCCCN1c1ccc(OC)cc1. The molecule has 0 radical (unpaired) electrons. The van der Waals surface area contributed by atoms with E-state index in [1.807, 2.05) is 31.2 Å². The number of hydrogen-bond donors (Lipinski definition) is 0. The molecule has 2 rings (SSSR count). The van der Waals surface area contributed by atoms with Gasteiger partial charge in [0.25, 0.3) is 0 Å². The highest BCUT2D eigenvalue weighted by Gasteiger charge is 2.29. The van der Waals surface area contributed by atoms with Crippen LogP contribution in [-0.4, -0.2) is 32.3 Å². The number of carbonyl (C=O) groups excluding carboxylic acids is 1. The van der Waals surface area contributed by atoms with E-state index in [0.29, 0.717) is 6.61 Å². The topological polar surface area (TPSA) is 38.8 Å². The van der Waals surface area contributed by atoms with E-state index in [9.17, 15) is 4.79 Å². The van der Waals surface area contributed by atoms with Crippen LogP contribution in [0.2, 0.25) is 0 Å². The monoisotopic (exact) mass is 263 g/mol. The van der Waals surface area contributed by atoms with Crippen LogP contribution in [0.3, 0.4) is 0 Å². The van der Waals surface area contributed by atoms with Gasteiger partial charge in [-0.3, -0.25) is 0 Å². The van der Waals surface area contributed by atoms with Crippen LogP contribution in [-0.2, 0) is 9.53 Å². The number of esters is 1. The van der Waals surface area contributed by atoms with E-state index >= 15 is 0 Å². The molecule has 1 fully saturated rings. The van der Waals surface area contributed by atoms with Crippen LogP contribution in [0.15, 0.2) is 24.3 Å². The van der Waals surface area contributed by atoms with Crippen molar-refractivity contribution in [1.82, 2.24) is 0 Å². The largest absolute Gasteiger partial charge is 0.497 e. The molecule has 0 saturated carbocycles. The smallest absolute Gasteiger partial charge is 0.328 e. The van der Waals surface area contributed by atoms with Gasteiger partial charge in [0, 0.05) is 12.2 Å². The highest BCUT2D eigenvalue weighted by Crippen LogP contribution is 2.27. The maximum atomic E-state index is 12.0. The summed E-state index contributed by atoms with van der Waals surface area (Å²) in [5.41, 5.74) is 1.05. The summed E-state index contributed by atoms with van der Waals surface area (Å²) in [4.78, 5) is 14.2. The number of carbonyl (C=O) groups is 1. The van der Waals surface area contributed by atoms with Crippen molar-refractivity contribution >= 4 is 11.7 Å². The molecule has 1 saturated heterocycles. The van der Waals surface area contributed by atoms with Crippen molar-refractivity contribution in [2.24, 2.45) is 0 Å². The molecule has 1 aromatic carbocycles. The molecule has 0 aliphatic carbocycles. The molecule has 1 aliphatic rings. The number of benzene rings is 1. The highest BCUT2D eigenvalue weighted by atomic mass is 16.5. The second-order valence-corrected chi connectivity index (χ2v) is 4.66. The first-order valence-electron chi connectivity index (χ1n) is 6.83. The van der Waals surface area contributed by atoms with Gasteiger partial charge in [-0.1, -0.05) is 0 Å². The maximum absolute atomic E-state index is 12.0. The average molecular weight is 263 g/mol. The van der Waals surface area contributed by atoms with E-state index in [2.05, 4.69) is 4.90 Å². The standard InChI is InChI=1S/C15H21NO3/c1-3-19-15(17)14-6-4-5-11-16(14)12-7-9-13(18-2)10-8-12/h7-10,14H,3-6,11H2,1-2H3. The van der Waals surface area contributed by atoms with Crippen molar-refractivity contribution in [3.63, 3.8) is 0 Å². The van der Waals surface area contributed by atoms with Crippen molar-refractivity contribution in [2.75, 3.05) is 25.2 Å². The Morgan fingerprint density at radius 2 is 2.05 bits per heavy atom. The summed E-state index contributed by atoms with van der Waals surface area (Å²) in [6.07, 6.45) is 3.06. The Labute approximate surface area is 114 Å². The predicted octanol–water partition coefficient (Wildman–Crippen LogP) is 2.62. The molecular formula is C15H21NO3. The Hall–Kier alpha value is -1.71. The van der Waals surface area contributed by atoms with E-state index in [1.165, 1.54) is 0 Å². The minimum Gasteiger partial charge on any atom is -0.497 e. The van der Waals surface area contributed by atoms with Gasteiger partial charge in [-0.05, 0) is 50.5 Å². The van der Waals surface area contributed by atoms with Crippen molar-refractivity contribution < 1.29 is 14.3 Å². The lowest BCUT2D eigenvalue weighted by Gasteiger charge is -2.35. The third kappa shape index (κ3) is 3.19. The van der Waals surface area contributed by atoms with Crippen LogP contribution >= 0.6 is 0 Å². The van der Waals surface area contributed by atoms with Crippen molar-refractivity contribution in [3.05, 3.63) is 24.3 Å². The summed E-state index contributed by atoms with van der Waals surface area (Å²) in [6, 6.07) is 7.69. The normalized spacial score (nSPS) is 19.1. The number of ether oxygens (including phenoxy) is 2. The molecule has 4 heteroatoms. The fourth-order valence-electron chi connectivity index (χ4n) is 2.50. The fourth-order valence-corrected chi connectivity index (χ4v) is 2.50. The van der Waals surface area contributed by atoms with Gasteiger partial charge < -0.3 is 14.4 Å². The van der Waals surface area contributed by atoms with Gasteiger partial charge in [0.05, 0.1) is 13.7 Å². The van der Waals surface area contributed by atoms with E-state index in [4.69, 9.17) is 9.47 Å². The third-order valence-electron chi connectivity index (χ3n) is 3.47. The van der Waals surface area contributed by atoms with Gasteiger partial charge in [-0.15, -0.1) is 0 Å². The van der Waals surface area contributed by atoms with Gasteiger partial charge in [0.2, 0.25) is 0 Å². The van der Waals surface area contributed by atoms with E-state index in [0.717, 1.165) is 37.2 Å². The van der Waals surface area contributed by atoms with Gasteiger partial charge in [0.15, 0.2) is 0 Å². The number of piperidine rings is 1. The zero-order valence-corrected chi connectivity index (χ0v) is 11.6. The van der Waals surface area contributed by atoms with Gasteiger partial charge in [0.1, 0.15) is 11.8 Å². The molecular weight excluding hydrogens is 242 g/mol. The molecule has 4 nitrogen and oxygen atoms in total. The Morgan fingerprint density at radius 3 is 2.68 bits per heavy atom. The lowest BCUT2D eigenvalue weighted by atomic mass is 10.0. The fraction of sp³-hybridized carbons (Fsp3) is 0.533. The molecule has 1 aromatic rings. The second kappa shape index (κ2) is 6.45.